The number of benzene rings is 3. The Morgan fingerprint density at radius 2 is 1.50 bits per heavy atom. The Morgan fingerprint density at radius 1 is 0.800 bits per heavy atom. The van der Waals surface area contributed by atoms with Crippen molar-refractivity contribution in [3.8, 4) is 0 Å². The molecule has 0 spiro atoms. The predicted octanol–water partition coefficient (Wildman–Crippen LogP) is 8.07. The highest BCUT2D eigenvalue weighted by Gasteiger charge is 2.24. The van der Waals surface area contributed by atoms with E-state index in [-0.39, 0.29) is 0 Å². The molecule has 0 aliphatic heterocycles. The molecule has 0 heteroatoms. The molecule has 30 heavy (non-hydrogen) atoms. The molecule has 0 bridgehead atoms. The summed E-state index contributed by atoms with van der Waals surface area (Å²) in [6, 6.07) is 28.7. The normalized spacial score (nSPS) is 16.8. The van der Waals surface area contributed by atoms with Gasteiger partial charge < -0.3 is 0 Å². The van der Waals surface area contributed by atoms with Crippen molar-refractivity contribution in [3.63, 3.8) is 0 Å². The fraction of sp³-hybridized carbons (Fsp3) is 0.267. The van der Waals surface area contributed by atoms with Crippen molar-refractivity contribution in [3.05, 3.63) is 124 Å². The van der Waals surface area contributed by atoms with Crippen molar-refractivity contribution in [2.45, 2.75) is 46.0 Å². The highest BCUT2D eigenvalue weighted by molar-refractivity contribution is 5.79. The minimum absolute atomic E-state index is 0.353. The summed E-state index contributed by atoms with van der Waals surface area (Å²) in [5, 5.41) is 0. The van der Waals surface area contributed by atoms with Crippen molar-refractivity contribution >= 4 is 5.57 Å². The van der Waals surface area contributed by atoms with E-state index in [0.29, 0.717) is 11.8 Å². The lowest BCUT2D eigenvalue weighted by molar-refractivity contribution is 0.588. The molecule has 0 radical (unpaired) electrons. The van der Waals surface area contributed by atoms with E-state index < -0.39 is 0 Å². The van der Waals surface area contributed by atoms with Crippen LogP contribution in [-0.2, 0) is 6.42 Å². The molecule has 0 saturated heterocycles. The van der Waals surface area contributed by atoms with Crippen LogP contribution in [0.2, 0.25) is 0 Å². The number of aryl methyl sites for hydroxylation is 3. The molecule has 0 fully saturated rings. The predicted molar refractivity (Wildman–Crippen MR) is 130 cm³/mol. The maximum atomic E-state index is 2.50. The van der Waals surface area contributed by atoms with Crippen LogP contribution >= 0.6 is 0 Å². The maximum Gasteiger partial charge on any atom is 0.0281 e. The molecule has 0 heterocycles. The molecule has 3 aromatic rings. The summed E-state index contributed by atoms with van der Waals surface area (Å²) >= 11 is 0. The van der Waals surface area contributed by atoms with Crippen LogP contribution in [0.1, 0.15) is 53.5 Å². The summed E-state index contributed by atoms with van der Waals surface area (Å²) < 4.78 is 0. The molecule has 1 aliphatic carbocycles. The fourth-order valence-corrected chi connectivity index (χ4v) is 4.47. The molecule has 0 nitrogen and oxygen atoms in total. The molecular weight excluding hydrogens is 360 g/mol. The Hall–Kier alpha value is -2.86. The van der Waals surface area contributed by atoms with Crippen LogP contribution in [0.4, 0.5) is 0 Å². The Kier molecular flexibility index (Phi) is 6.33. The number of rotatable bonds is 7. The van der Waals surface area contributed by atoms with E-state index in [1.54, 1.807) is 0 Å². The molecule has 0 saturated carbocycles. The average molecular weight is 393 g/mol. The number of hydrogen-bond acceptors (Lipinski definition) is 0. The van der Waals surface area contributed by atoms with E-state index in [1.165, 1.54) is 51.8 Å². The zero-order valence-electron chi connectivity index (χ0n) is 18.4. The van der Waals surface area contributed by atoms with Gasteiger partial charge in [0.15, 0.2) is 0 Å². The highest BCUT2D eigenvalue weighted by atomic mass is 14.3. The second-order valence-electron chi connectivity index (χ2n) is 8.73. The Bertz CT molecular complexity index is 1040. The molecular formula is C30H32. The van der Waals surface area contributed by atoms with Gasteiger partial charge in [0, 0.05) is 5.92 Å². The van der Waals surface area contributed by atoms with E-state index in [0.717, 1.165) is 6.42 Å². The van der Waals surface area contributed by atoms with Gasteiger partial charge in [0.25, 0.3) is 0 Å². The first-order chi connectivity index (χ1) is 14.6. The lowest BCUT2D eigenvalue weighted by Crippen LogP contribution is -1.99. The van der Waals surface area contributed by atoms with Crippen LogP contribution < -0.4 is 0 Å². The Labute approximate surface area is 182 Å². The van der Waals surface area contributed by atoms with Crippen molar-refractivity contribution in [1.29, 1.82) is 0 Å². The van der Waals surface area contributed by atoms with Gasteiger partial charge in [-0.05, 0) is 78.0 Å². The molecule has 152 valence electrons. The lowest BCUT2D eigenvalue weighted by atomic mass is 9.89. The minimum atomic E-state index is 0.353. The van der Waals surface area contributed by atoms with Crippen LogP contribution in [0.3, 0.4) is 0 Å². The maximum absolute atomic E-state index is 2.50. The second-order valence-corrected chi connectivity index (χ2v) is 8.73. The monoisotopic (exact) mass is 392 g/mol. The lowest BCUT2D eigenvalue weighted by Gasteiger charge is -2.14. The van der Waals surface area contributed by atoms with Gasteiger partial charge in [-0.3, -0.25) is 0 Å². The summed E-state index contributed by atoms with van der Waals surface area (Å²) in [7, 11) is 0. The summed E-state index contributed by atoms with van der Waals surface area (Å²) in [5.41, 5.74) is 9.88. The SMILES string of the molecule is Cc1ccc(CCCC(C)C2=CC(c3ccccc3)C(c3ccccc3)=C2)cc1C. The van der Waals surface area contributed by atoms with Gasteiger partial charge in [0.05, 0.1) is 0 Å². The summed E-state index contributed by atoms with van der Waals surface area (Å²) in [6.07, 6.45) is 8.56. The molecule has 0 amide bonds. The third-order valence-corrected chi connectivity index (χ3v) is 6.53. The third-order valence-electron chi connectivity index (χ3n) is 6.53. The van der Waals surface area contributed by atoms with E-state index in [1.807, 2.05) is 0 Å². The van der Waals surface area contributed by atoms with Crippen LogP contribution in [0.5, 0.6) is 0 Å². The molecule has 2 atom stereocenters. The molecule has 0 N–H and O–H groups in total. The zero-order chi connectivity index (χ0) is 20.9. The fourth-order valence-electron chi connectivity index (χ4n) is 4.47. The third kappa shape index (κ3) is 4.65. The van der Waals surface area contributed by atoms with Crippen LogP contribution in [0.25, 0.3) is 5.57 Å². The second kappa shape index (κ2) is 9.30. The zero-order valence-corrected chi connectivity index (χ0v) is 18.4. The molecule has 3 aromatic carbocycles. The van der Waals surface area contributed by atoms with Gasteiger partial charge in [-0.15, -0.1) is 0 Å². The summed E-state index contributed by atoms with van der Waals surface area (Å²) in [5.74, 6) is 0.926. The highest BCUT2D eigenvalue weighted by Crippen LogP contribution is 2.42. The molecule has 4 rings (SSSR count). The van der Waals surface area contributed by atoms with Gasteiger partial charge in [-0.2, -0.15) is 0 Å². The van der Waals surface area contributed by atoms with Crippen molar-refractivity contribution in [1.82, 2.24) is 0 Å². The van der Waals surface area contributed by atoms with Gasteiger partial charge in [0.1, 0.15) is 0 Å². The van der Waals surface area contributed by atoms with Crippen molar-refractivity contribution < 1.29 is 0 Å². The average Bonchev–Trinajstić information content (AvgIpc) is 3.23. The van der Waals surface area contributed by atoms with E-state index in [2.05, 4.69) is 112 Å². The Morgan fingerprint density at radius 3 is 2.20 bits per heavy atom. The van der Waals surface area contributed by atoms with Crippen LogP contribution in [0.15, 0.2) is 96.6 Å². The van der Waals surface area contributed by atoms with Crippen LogP contribution in [-0.4, -0.2) is 0 Å². The molecule has 1 aliphatic rings. The van der Waals surface area contributed by atoms with E-state index >= 15 is 0 Å². The Balaban J connectivity index is 1.49. The van der Waals surface area contributed by atoms with Crippen molar-refractivity contribution in [2.24, 2.45) is 5.92 Å². The van der Waals surface area contributed by atoms with Crippen molar-refractivity contribution in [2.75, 3.05) is 0 Å². The smallest absolute Gasteiger partial charge is 0.0281 e. The van der Waals surface area contributed by atoms with Gasteiger partial charge in [0.2, 0.25) is 0 Å². The largest absolute Gasteiger partial charge is 0.0691 e. The first-order valence-electron chi connectivity index (χ1n) is 11.2. The van der Waals surface area contributed by atoms with E-state index in [9.17, 15) is 0 Å². The quantitative estimate of drug-likeness (QED) is 0.381. The molecule has 0 aromatic heterocycles. The summed E-state index contributed by atoms with van der Waals surface area (Å²) in [6.45, 7) is 6.79. The number of hydrogen-bond donors (Lipinski definition) is 0. The van der Waals surface area contributed by atoms with E-state index in [4.69, 9.17) is 0 Å². The van der Waals surface area contributed by atoms with Gasteiger partial charge >= 0.3 is 0 Å². The first-order valence-corrected chi connectivity index (χ1v) is 11.2. The number of allylic oxidation sites excluding steroid dienone is 4. The molecule has 2 unspecified atom stereocenters. The first kappa shape index (κ1) is 20.4. The topological polar surface area (TPSA) is 0 Å². The van der Waals surface area contributed by atoms with Gasteiger partial charge in [-0.25, -0.2) is 0 Å². The van der Waals surface area contributed by atoms with Crippen LogP contribution in [0, 0.1) is 19.8 Å². The summed E-state index contributed by atoms with van der Waals surface area (Å²) in [4.78, 5) is 0. The standard InChI is InChI=1S/C30H32/c1-22-17-18-25(19-24(22)3)12-10-11-23(2)28-20-29(26-13-6-4-7-14-26)30(21-28)27-15-8-5-9-16-27/h4-9,13-21,23,29H,10-12H2,1-3H3. The van der Waals surface area contributed by atoms with Gasteiger partial charge in [-0.1, -0.05) is 97.9 Å². The minimum Gasteiger partial charge on any atom is -0.0691 e.